The van der Waals surface area contributed by atoms with E-state index in [4.69, 9.17) is 0 Å². The highest BCUT2D eigenvalue weighted by atomic mass is 32.2. The van der Waals surface area contributed by atoms with Gasteiger partial charge in [0.25, 0.3) is 0 Å². The summed E-state index contributed by atoms with van der Waals surface area (Å²) in [7, 11) is 0. The number of fused-ring (bicyclic) bond motifs is 3. The monoisotopic (exact) mass is 460 g/mol. The van der Waals surface area contributed by atoms with Gasteiger partial charge in [0.15, 0.2) is 10.8 Å². The second-order valence-electron chi connectivity index (χ2n) is 7.93. The maximum atomic E-state index is 13.7. The lowest BCUT2D eigenvalue weighted by atomic mass is 10.0. The number of benzene rings is 2. The third-order valence-corrected chi connectivity index (χ3v) is 6.52. The first-order valence-corrected chi connectivity index (χ1v) is 11.4. The number of nitrogens with one attached hydrogen (secondary N) is 1. The van der Waals surface area contributed by atoms with E-state index in [1.54, 1.807) is 23.6 Å². The average molecular weight is 461 g/mol. The third-order valence-electron chi connectivity index (χ3n) is 5.58. The molecule has 3 heterocycles. The predicted octanol–water partition coefficient (Wildman–Crippen LogP) is 4.84. The molecular formula is C24H21FN6OS. The lowest BCUT2D eigenvalue weighted by Gasteiger charge is -2.06. The number of hydrogen-bond donors (Lipinski definition) is 1. The van der Waals surface area contributed by atoms with Crippen LogP contribution in [0.2, 0.25) is 0 Å². The maximum Gasteiger partial charge on any atom is 0.234 e. The zero-order valence-electron chi connectivity index (χ0n) is 18.3. The Morgan fingerprint density at radius 3 is 2.61 bits per heavy atom. The highest BCUT2D eigenvalue weighted by Gasteiger charge is 2.14. The van der Waals surface area contributed by atoms with E-state index in [0.717, 1.165) is 16.8 Å². The Morgan fingerprint density at radius 2 is 1.82 bits per heavy atom. The second kappa shape index (κ2) is 8.32. The van der Waals surface area contributed by atoms with Gasteiger partial charge < -0.3 is 5.32 Å². The van der Waals surface area contributed by atoms with Gasteiger partial charge in [-0.05, 0) is 61.7 Å². The van der Waals surface area contributed by atoms with Gasteiger partial charge in [-0.1, -0.05) is 30.0 Å². The van der Waals surface area contributed by atoms with E-state index in [0.29, 0.717) is 22.1 Å². The number of thioether (sulfide) groups is 1. The first-order chi connectivity index (χ1) is 15.9. The molecule has 0 bridgehead atoms. The smallest absolute Gasteiger partial charge is 0.234 e. The molecule has 0 unspecified atom stereocenters. The Hall–Kier alpha value is -3.72. The maximum absolute atomic E-state index is 13.7. The van der Waals surface area contributed by atoms with Gasteiger partial charge in [0, 0.05) is 23.6 Å². The molecule has 0 aliphatic carbocycles. The summed E-state index contributed by atoms with van der Waals surface area (Å²) in [5, 5.41) is 16.6. The number of aromatic nitrogens is 5. The van der Waals surface area contributed by atoms with E-state index in [1.165, 1.54) is 29.0 Å². The van der Waals surface area contributed by atoms with Crippen LogP contribution in [0.5, 0.6) is 0 Å². The average Bonchev–Trinajstić information content (AvgIpc) is 3.40. The summed E-state index contributed by atoms with van der Waals surface area (Å²) < 4.78 is 17.3. The van der Waals surface area contributed by atoms with Gasteiger partial charge in [-0.3, -0.25) is 9.20 Å². The van der Waals surface area contributed by atoms with Gasteiger partial charge in [0.2, 0.25) is 5.91 Å². The molecule has 1 amide bonds. The third kappa shape index (κ3) is 4.07. The molecule has 5 aromatic rings. The van der Waals surface area contributed by atoms with Crippen LogP contribution in [0.4, 0.5) is 10.1 Å². The van der Waals surface area contributed by atoms with E-state index in [1.807, 2.05) is 22.9 Å². The molecule has 7 nitrogen and oxygen atoms in total. The number of anilines is 1. The first-order valence-electron chi connectivity index (χ1n) is 10.4. The minimum Gasteiger partial charge on any atom is -0.325 e. The number of amides is 1. The van der Waals surface area contributed by atoms with Crippen molar-refractivity contribution >= 4 is 34.5 Å². The summed E-state index contributed by atoms with van der Waals surface area (Å²) in [6.07, 6.45) is 3.67. The number of hydrogen-bond acceptors (Lipinski definition) is 5. The largest absolute Gasteiger partial charge is 0.325 e. The molecule has 9 heteroatoms. The van der Waals surface area contributed by atoms with Crippen LogP contribution in [-0.4, -0.2) is 35.9 Å². The van der Waals surface area contributed by atoms with Crippen molar-refractivity contribution in [3.05, 3.63) is 77.4 Å². The minimum atomic E-state index is -0.353. The van der Waals surface area contributed by atoms with Crippen LogP contribution in [0.15, 0.2) is 60.0 Å². The van der Waals surface area contributed by atoms with Crippen LogP contribution in [-0.2, 0) is 4.79 Å². The Balaban J connectivity index is 1.37. The summed E-state index contributed by atoms with van der Waals surface area (Å²) in [6.45, 7) is 5.84. The van der Waals surface area contributed by atoms with Crippen LogP contribution >= 0.6 is 11.8 Å². The summed E-state index contributed by atoms with van der Waals surface area (Å²) in [6, 6.07) is 12.9. The van der Waals surface area contributed by atoms with Crippen molar-refractivity contribution in [3.63, 3.8) is 0 Å². The molecule has 3 aromatic heterocycles. The molecular weight excluding hydrogens is 439 g/mol. The highest BCUT2D eigenvalue weighted by Crippen LogP contribution is 2.25. The van der Waals surface area contributed by atoms with E-state index in [-0.39, 0.29) is 17.5 Å². The zero-order chi connectivity index (χ0) is 23.1. The van der Waals surface area contributed by atoms with Gasteiger partial charge in [0.1, 0.15) is 11.3 Å². The van der Waals surface area contributed by atoms with E-state index >= 15 is 0 Å². The summed E-state index contributed by atoms with van der Waals surface area (Å²) in [5.41, 5.74) is 6.78. The molecule has 2 aromatic carbocycles. The van der Waals surface area contributed by atoms with Crippen LogP contribution < -0.4 is 5.32 Å². The number of rotatable bonds is 5. The summed E-state index contributed by atoms with van der Waals surface area (Å²) in [5.74, 6) is -0.481. The van der Waals surface area contributed by atoms with E-state index in [9.17, 15) is 9.18 Å². The second-order valence-corrected chi connectivity index (χ2v) is 8.88. The Bertz CT molecular complexity index is 1520. The molecule has 5 rings (SSSR count). The van der Waals surface area contributed by atoms with Crippen LogP contribution in [0, 0.1) is 26.6 Å². The predicted molar refractivity (Wildman–Crippen MR) is 127 cm³/mol. The standard InChI is InChI=1S/C24H21FN6OS/c1-14-4-6-17(10-16(14)3)20-12-21-23-27-28-24(30(23)8-9-31(21)29-20)33-13-22(32)26-18-7-5-15(2)19(25)11-18/h4-12H,13H2,1-3H3,(H,26,32). The lowest BCUT2D eigenvalue weighted by Crippen LogP contribution is -2.14. The summed E-state index contributed by atoms with van der Waals surface area (Å²) in [4.78, 5) is 12.3. The molecule has 0 atom stereocenters. The molecule has 0 fully saturated rings. The van der Waals surface area contributed by atoms with Crippen molar-refractivity contribution in [1.29, 1.82) is 0 Å². The molecule has 33 heavy (non-hydrogen) atoms. The van der Waals surface area contributed by atoms with Crippen LogP contribution in [0.3, 0.4) is 0 Å². The molecule has 0 aliphatic rings. The van der Waals surface area contributed by atoms with Gasteiger partial charge in [0.05, 0.1) is 11.4 Å². The van der Waals surface area contributed by atoms with Crippen molar-refractivity contribution in [2.75, 3.05) is 11.1 Å². The van der Waals surface area contributed by atoms with Crippen molar-refractivity contribution in [2.24, 2.45) is 0 Å². The van der Waals surface area contributed by atoms with Crippen molar-refractivity contribution in [3.8, 4) is 11.3 Å². The molecule has 166 valence electrons. The minimum absolute atomic E-state index is 0.120. The number of nitrogens with zero attached hydrogens (tertiary/aromatic N) is 5. The molecule has 1 N–H and O–H groups in total. The van der Waals surface area contributed by atoms with Gasteiger partial charge >= 0.3 is 0 Å². The number of halogens is 1. The fourth-order valence-corrected chi connectivity index (χ4v) is 4.25. The van der Waals surface area contributed by atoms with Crippen molar-refractivity contribution in [2.45, 2.75) is 25.9 Å². The Morgan fingerprint density at radius 1 is 1.00 bits per heavy atom. The van der Waals surface area contributed by atoms with Crippen molar-refractivity contribution in [1.82, 2.24) is 24.2 Å². The number of carbonyl (C=O) groups is 1. The normalized spacial score (nSPS) is 11.4. The SMILES string of the molecule is Cc1ccc(-c2cc3c4nnc(SCC(=O)Nc5ccc(C)c(F)c5)n4ccn3n2)cc1C. The number of carbonyl (C=O) groups excluding carboxylic acids is 1. The number of aryl methyl sites for hydroxylation is 3. The van der Waals surface area contributed by atoms with Crippen LogP contribution in [0.1, 0.15) is 16.7 Å². The van der Waals surface area contributed by atoms with E-state index < -0.39 is 0 Å². The summed E-state index contributed by atoms with van der Waals surface area (Å²) >= 11 is 1.26. The van der Waals surface area contributed by atoms with E-state index in [2.05, 4.69) is 52.7 Å². The van der Waals surface area contributed by atoms with Crippen molar-refractivity contribution < 1.29 is 9.18 Å². The molecule has 0 radical (unpaired) electrons. The fraction of sp³-hybridized carbons (Fsp3) is 0.167. The zero-order valence-corrected chi connectivity index (χ0v) is 19.2. The molecule has 0 saturated heterocycles. The Kier molecular flexibility index (Phi) is 5.33. The Labute approximate surface area is 193 Å². The molecule has 0 spiro atoms. The lowest BCUT2D eigenvalue weighted by molar-refractivity contribution is -0.113. The topological polar surface area (TPSA) is 76.6 Å². The van der Waals surface area contributed by atoms with Gasteiger partial charge in [-0.15, -0.1) is 10.2 Å². The van der Waals surface area contributed by atoms with Crippen LogP contribution in [0.25, 0.3) is 22.4 Å². The first kappa shape index (κ1) is 21.1. The van der Waals surface area contributed by atoms with Gasteiger partial charge in [-0.2, -0.15) is 5.10 Å². The molecule has 0 aliphatic heterocycles. The highest BCUT2D eigenvalue weighted by molar-refractivity contribution is 7.99. The van der Waals surface area contributed by atoms with Gasteiger partial charge in [-0.25, -0.2) is 8.91 Å². The molecule has 0 saturated carbocycles. The quantitative estimate of drug-likeness (QED) is 0.380. The fourth-order valence-electron chi connectivity index (χ4n) is 3.53.